The van der Waals surface area contributed by atoms with Crippen molar-refractivity contribution in [3.05, 3.63) is 0 Å². The molecule has 1 N–H and O–H groups in total. The van der Waals surface area contributed by atoms with Crippen molar-refractivity contribution in [1.82, 2.24) is 0 Å². The highest BCUT2D eigenvalue weighted by Crippen LogP contribution is 1.93. The number of hydrogen-bond donors (Lipinski definition) is 1. The minimum absolute atomic E-state index is 0. The summed E-state index contributed by atoms with van der Waals surface area (Å²) in [6.07, 6.45) is -1.63. The van der Waals surface area contributed by atoms with E-state index >= 15 is 0 Å². The molecule has 4 heteroatoms. The van der Waals surface area contributed by atoms with Gasteiger partial charge in [0.1, 0.15) is 0 Å². The van der Waals surface area contributed by atoms with Crippen LogP contribution in [0, 0.1) is 0 Å². The van der Waals surface area contributed by atoms with Gasteiger partial charge in [0.2, 0.25) is 0 Å². The maximum absolute atomic E-state index is 11.7. The summed E-state index contributed by atoms with van der Waals surface area (Å²) in [5.74, 6) is -1.37. The first-order valence-corrected chi connectivity index (χ1v) is 2.05. The van der Waals surface area contributed by atoms with Crippen LogP contribution in [0.5, 0.6) is 0 Å². The maximum atomic E-state index is 11.7. The van der Waals surface area contributed by atoms with Crippen molar-refractivity contribution in [3.63, 3.8) is 0 Å². The summed E-state index contributed by atoms with van der Waals surface area (Å²) < 4.78 is 11.7. The van der Waals surface area contributed by atoms with Crippen LogP contribution >= 0.6 is 12.4 Å². The summed E-state index contributed by atoms with van der Waals surface area (Å²) in [5, 5.41) is 7.81. The smallest absolute Gasteiger partial charge is 0.338 e. The van der Waals surface area contributed by atoms with Crippen molar-refractivity contribution in [2.45, 2.75) is 19.5 Å². The Morgan fingerprint density at radius 2 is 2.25 bits per heavy atom. The Morgan fingerprint density at radius 3 is 2.25 bits per heavy atom. The molecular formula is C4H8ClFO2. The predicted octanol–water partition coefficient (Wildman–Crippen LogP) is 1.24. The fourth-order valence-electron chi connectivity index (χ4n) is 0.175. The summed E-state index contributed by atoms with van der Waals surface area (Å²) in [6.45, 7) is 1.48. The third-order valence-corrected chi connectivity index (χ3v) is 0.626. The Morgan fingerprint density at radius 1 is 1.88 bits per heavy atom. The molecule has 0 heterocycles. The van der Waals surface area contributed by atoms with Crippen LogP contribution in [0.4, 0.5) is 4.39 Å². The molecule has 0 fully saturated rings. The molecule has 0 spiro atoms. The van der Waals surface area contributed by atoms with E-state index in [4.69, 9.17) is 5.11 Å². The predicted molar refractivity (Wildman–Crippen MR) is 30.1 cm³/mol. The quantitative estimate of drug-likeness (QED) is 0.630. The van der Waals surface area contributed by atoms with Crippen molar-refractivity contribution in [1.29, 1.82) is 0 Å². The number of hydrogen-bond acceptors (Lipinski definition) is 1. The average molecular weight is 143 g/mol. The molecule has 2 nitrogen and oxygen atoms in total. The SMILES string of the molecule is CC[C@H](F)C(=O)O.Cl. The van der Waals surface area contributed by atoms with E-state index in [-0.39, 0.29) is 18.8 Å². The van der Waals surface area contributed by atoms with Crippen LogP contribution in [0.2, 0.25) is 0 Å². The molecule has 0 saturated heterocycles. The number of rotatable bonds is 2. The van der Waals surface area contributed by atoms with Crippen LogP contribution in [-0.4, -0.2) is 17.2 Å². The van der Waals surface area contributed by atoms with Gasteiger partial charge in [-0.2, -0.15) is 0 Å². The van der Waals surface area contributed by atoms with Crippen LogP contribution in [0.1, 0.15) is 13.3 Å². The summed E-state index contributed by atoms with van der Waals surface area (Å²) in [5.41, 5.74) is 0. The van der Waals surface area contributed by atoms with Crippen LogP contribution in [-0.2, 0) is 4.79 Å². The molecule has 0 unspecified atom stereocenters. The topological polar surface area (TPSA) is 37.3 Å². The monoisotopic (exact) mass is 142 g/mol. The van der Waals surface area contributed by atoms with Gasteiger partial charge in [0.15, 0.2) is 6.17 Å². The van der Waals surface area contributed by atoms with E-state index in [1.165, 1.54) is 6.92 Å². The molecule has 0 aliphatic carbocycles. The lowest BCUT2D eigenvalue weighted by Gasteiger charge is -1.92. The Bertz CT molecular complexity index is 76.4. The zero-order valence-corrected chi connectivity index (χ0v) is 5.24. The van der Waals surface area contributed by atoms with Gasteiger partial charge in [-0.05, 0) is 6.42 Å². The van der Waals surface area contributed by atoms with E-state index in [2.05, 4.69) is 0 Å². The van der Waals surface area contributed by atoms with Crippen molar-refractivity contribution in [2.24, 2.45) is 0 Å². The van der Waals surface area contributed by atoms with Gasteiger partial charge in [-0.3, -0.25) is 0 Å². The van der Waals surface area contributed by atoms with E-state index in [0.29, 0.717) is 0 Å². The van der Waals surface area contributed by atoms with Gasteiger partial charge in [-0.15, -0.1) is 12.4 Å². The van der Waals surface area contributed by atoms with Crippen LogP contribution in [0.15, 0.2) is 0 Å². The number of carboxylic acid groups (broad SMARTS) is 1. The molecule has 0 amide bonds. The molecule has 1 atom stereocenters. The average Bonchev–Trinajstić information content (AvgIpc) is 1.65. The lowest BCUT2D eigenvalue weighted by Crippen LogP contribution is -2.11. The van der Waals surface area contributed by atoms with Gasteiger partial charge in [0.25, 0.3) is 0 Å². The van der Waals surface area contributed by atoms with Crippen LogP contribution < -0.4 is 0 Å². The second-order valence-corrected chi connectivity index (χ2v) is 1.21. The van der Waals surface area contributed by atoms with Gasteiger partial charge in [0, 0.05) is 0 Å². The first-order valence-electron chi connectivity index (χ1n) is 2.05. The van der Waals surface area contributed by atoms with Gasteiger partial charge in [-0.1, -0.05) is 6.92 Å². The van der Waals surface area contributed by atoms with Crippen molar-refractivity contribution < 1.29 is 14.3 Å². The molecule has 0 aliphatic rings. The van der Waals surface area contributed by atoms with Crippen LogP contribution in [0.25, 0.3) is 0 Å². The minimum Gasteiger partial charge on any atom is -0.479 e. The first-order chi connectivity index (χ1) is 3.18. The highest BCUT2D eigenvalue weighted by Gasteiger charge is 2.10. The maximum Gasteiger partial charge on any atom is 0.338 e. The summed E-state index contributed by atoms with van der Waals surface area (Å²) >= 11 is 0. The molecule has 0 saturated carbocycles. The fraction of sp³-hybridized carbons (Fsp3) is 0.750. The van der Waals surface area contributed by atoms with Crippen molar-refractivity contribution in [2.75, 3.05) is 0 Å². The van der Waals surface area contributed by atoms with Crippen molar-refractivity contribution >= 4 is 18.4 Å². The van der Waals surface area contributed by atoms with E-state index in [9.17, 15) is 9.18 Å². The molecule has 0 aliphatic heterocycles. The minimum atomic E-state index is -1.68. The largest absolute Gasteiger partial charge is 0.479 e. The third-order valence-electron chi connectivity index (χ3n) is 0.626. The zero-order valence-electron chi connectivity index (χ0n) is 4.43. The van der Waals surface area contributed by atoms with Gasteiger partial charge < -0.3 is 5.11 Å². The Kier molecular flexibility index (Phi) is 6.43. The number of carboxylic acids is 1. The Labute approximate surface area is 53.1 Å². The Balaban J connectivity index is 0. The second kappa shape index (κ2) is 4.84. The first kappa shape index (κ1) is 10.6. The number of aliphatic carboxylic acids is 1. The normalized spacial score (nSPS) is 11.8. The number of alkyl halides is 1. The summed E-state index contributed by atoms with van der Waals surface area (Å²) in [6, 6.07) is 0. The molecule has 0 radical (unpaired) electrons. The molecular weight excluding hydrogens is 134 g/mol. The van der Waals surface area contributed by atoms with Crippen molar-refractivity contribution in [3.8, 4) is 0 Å². The van der Waals surface area contributed by atoms with Crippen LogP contribution in [0.3, 0.4) is 0 Å². The van der Waals surface area contributed by atoms with E-state index in [1.807, 2.05) is 0 Å². The molecule has 8 heavy (non-hydrogen) atoms. The number of carbonyl (C=O) groups is 1. The van der Waals surface area contributed by atoms with Gasteiger partial charge >= 0.3 is 5.97 Å². The summed E-state index contributed by atoms with van der Waals surface area (Å²) in [4.78, 5) is 9.56. The molecule has 0 rings (SSSR count). The van der Waals surface area contributed by atoms with Gasteiger partial charge in [0.05, 0.1) is 0 Å². The highest BCUT2D eigenvalue weighted by atomic mass is 35.5. The highest BCUT2D eigenvalue weighted by molar-refractivity contribution is 5.85. The third kappa shape index (κ3) is 3.87. The van der Waals surface area contributed by atoms with E-state index in [1.54, 1.807) is 0 Å². The van der Waals surface area contributed by atoms with E-state index < -0.39 is 12.1 Å². The molecule has 0 aromatic rings. The van der Waals surface area contributed by atoms with E-state index in [0.717, 1.165) is 0 Å². The van der Waals surface area contributed by atoms with Gasteiger partial charge in [-0.25, -0.2) is 9.18 Å². The number of halogens is 2. The second-order valence-electron chi connectivity index (χ2n) is 1.21. The molecule has 0 aromatic carbocycles. The Hall–Kier alpha value is -0.310. The summed E-state index contributed by atoms with van der Waals surface area (Å²) in [7, 11) is 0. The molecule has 0 aromatic heterocycles. The standard InChI is InChI=1S/C4H7FO2.ClH/c1-2-3(5)4(6)7;/h3H,2H2,1H3,(H,6,7);1H/t3-;/m0./s1. The fourth-order valence-corrected chi connectivity index (χ4v) is 0.175. The lowest BCUT2D eigenvalue weighted by molar-refractivity contribution is -0.142. The molecule has 0 bridgehead atoms. The lowest BCUT2D eigenvalue weighted by atomic mass is 10.3. The molecule has 50 valence electrons. The zero-order chi connectivity index (χ0) is 5.86.